The monoisotopic (exact) mass is 409 g/mol. The maximum atomic E-state index is 12.9. The highest BCUT2D eigenvalue weighted by Crippen LogP contribution is 2.21. The van der Waals surface area contributed by atoms with E-state index in [0.29, 0.717) is 31.7 Å². The van der Waals surface area contributed by atoms with E-state index in [9.17, 15) is 8.42 Å². The fourth-order valence-corrected chi connectivity index (χ4v) is 4.69. The van der Waals surface area contributed by atoms with Gasteiger partial charge in [0, 0.05) is 44.6 Å². The number of piperazine rings is 1. The first-order chi connectivity index (χ1) is 14.0. The summed E-state index contributed by atoms with van der Waals surface area (Å²) < 4.78 is 29.1. The highest BCUT2D eigenvalue weighted by atomic mass is 32.2. The Balaban J connectivity index is 1.48. The molecule has 0 bridgehead atoms. The SMILES string of the molecule is Cc1nccn1-c1cc(N2CCN(S(=O)(=O)c3ccc(C#N)cc3)CC2)ncn1. The first kappa shape index (κ1) is 19.0. The molecular formula is C19H19N7O2S. The second-order valence-electron chi connectivity index (χ2n) is 6.61. The third kappa shape index (κ3) is 3.70. The Labute approximate surface area is 168 Å². The van der Waals surface area contributed by atoms with Crippen molar-refractivity contribution >= 4 is 15.8 Å². The molecule has 29 heavy (non-hydrogen) atoms. The van der Waals surface area contributed by atoms with E-state index < -0.39 is 10.0 Å². The van der Waals surface area contributed by atoms with Crippen LogP contribution in [0.15, 0.2) is 53.9 Å². The fraction of sp³-hybridized carbons (Fsp3) is 0.263. The van der Waals surface area contributed by atoms with Crippen molar-refractivity contribution in [1.29, 1.82) is 5.26 Å². The summed E-state index contributed by atoms with van der Waals surface area (Å²) in [4.78, 5) is 15.1. The predicted molar refractivity (Wildman–Crippen MR) is 106 cm³/mol. The number of sulfonamides is 1. The highest BCUT2D eigenvalue weighted by Gasteiger charge is 2.29. The van der Waals surface area contributed by atoms with Crippen LogP contribution in [0.5, 0.6) is 0 Å². The third-order valence-electron chi connectivity index (χ3n) is 4.89. The fourth-order valence-electron chi connectivity index (χ4n) is 3.27. The molecule has 0 unspecified atom stereocenters. The molecule has 148 valence electrons. The van der Waals surface area contributed by atoms with Crippen LogP contribution < -0.4 is 4.90 Å². The van der Waals surface area contributed by atoms with Crippen LogP contribution in [-0.4, -0.2) is 58.4 Å². The molecule has 0 saturated carbocycles. The van der Waals surface area contributed by atoms with Gasteiger partial charge in [-0.05, 0) is 31.2 Å². The predicted octanol–water partition coefficient (Wildman–Crippen LogP) is 1.35. The van der Waals surface area contributed by atoms with E-state index in [0.717, 1.165) is 17.5 Å². The smallest absolute Gasteiger partial charge is 0.243 e. The second kappa shape index (κ2) is 7.62. The lowest BCUT2D eigenvalue weighted by molar-refractivity contribution is 0.383. The van der Waals surface area contributed by atoms with Crippen molar-refractivity contribution in [3.63, 3.8) is 0 Å². The minimum absolute atomic E-state index is 0.199. The quantitative estimate of drug-likeness (QED) is 0.640. The van der Waals surface area contributed by atoms with Gasteiger partial charge in [0.1, 0.15) is 23.8 Å². The number of imidazole rings is 1. The van der Waals surface area contributed by atoms with Gasteiger partial charge in [-0.2, -0.15) is 9.57 Å². The zero-order chi connectivity index (χ0) is 20.4. The van der Waals surface area contributed by atoms with Crippen molar-refractivity contribution in [3.8, 4) is 11.9 Å². The molecule has 0 radical (unpaired) electrons. The van der Waals surface area contributed by atoms with E-state index in [1.807, 2.05) is 34.7 Å². The molecule has 1 aliphatic rings. The van der Waals surface area contributed by atoms with Gasteiger partial charge in [-0.3, -0.25) is 4.57 Å². The summed E-state index contributed by atoms with van der Waals surface area (Å²) in [5.74, 6) is 2.30. The molecule has 2 aromatic heterocycles. The Morgan fingerprint density at radius 3 is 2.31 bits per heavy atom. The average Bonchev–Trinajstić information content (AvgIpc) is 3.20. The minimum Gasteiger partial charge on any atom is -0.354 e. The Kier molecular flexibility index (Phi) is 5.00. The molecule has 3 heterocycles. The maximum absolute atomic E-state index is 12.9. The van der Waals surface area contributed by atoms with E-state index in [-0.39, 0.29) is 4.90 Å². The molecule has 1 fully saturated rings. The van der Waals surface area contributed by atoms with Crippen molar-refractivity contribution < 1.29 is 8.42 Å². The molecule has 4 rings (SSSR count). The number of hydrogen-bond donors (Lipinski definition) is 0. The van der Waals surface area contributed by atoms with Crippen LogP contribution in [0.2, 0.25) is 0 Å². The lowest BCUT2D eigenvalue weighted by atomic mass is 10.2. The number of nitriles is 1. The second-order valence-corrected chi connectivity index (χ2v) is 8.54. The zero-order valence-electron chi connectivity index (χ0n) is 15.8. The van der Waals surface area contributed by atoms with Crippen LogP contribution in [0.1, 0.15) is 11.4 Å². The Morgan fingerprint density at radius 1 is 1.00 bits per heavy atom. The van der Waals surface area contributed by atoms with Crippen LogP contribution in [-0.2, 0) is 10.0 Å². The molecule has 1 aromatic carbocycles. The van der Waals surface area contributed by atoms with Crippen LogP contribution in [0.3, 0.4) is 0 Å². The summed E-state index contributed by atoms with van der Waals surface area (Å²) in [6.45, 7) is 3.65. The maximum Gasteiger partial charge on any atom is 0.243 e. The normalized spacial score (nSPS) is 15.2. The van der Waals surface area contributed by atoms with Crippen molar-refractivity contribution in [1.82, 2.24) is 23.8 Å². The van der Waals surface area contributed by atoms with Gasteiger partial charge < -0.3 is 4.90 Å². The molecule has 10 heteroatoms. The van der Waals surface area contributed by atoms with E-state index in [1.165, 1.54) is 34.9 Å². The van der Waals surface area contributed by atoms with Gasteiger partial charge in [-0.1, -0.05) is 0 Å². The van der Waals surface area contributed by atoms with Gasteiger partial charge in [0.25, 0.3) is 0 Å². The molecule has 0 amide bonds. The molecule has 1 aliphatic heterocycles. The summed E-state index contributed by atoms with van der Waals surface area (Å²) in [6, 6.07) is 9.86. The van der Waals surface area contributed by atoms with Gasteiger partial charge in [0.2, 0.25) is 10.0 Å². The Hall–Kier alpha value is -3.29. The number of aryl methyl sites for hydroxylation is 1. The van der Waals surface area contributed by atoms with Gasteiger partial charge in [0.05, 0.1) is 16.5 Å². The number of rotatable bonds is 4. The summed E-state index contributed by atoms with van der Waals surface area (Å²) >= 11 is 0. The summed E-state index contributed by atoms with van der Waals surface area (Å²) in [6.07, 6.45) is 5.05. The lowest BCUT2D eigenvalue weighted by Gasteiger charge is -2.34. The van der Waals surface area contributed by atoms with E-state index >= 15 is 0 Å². The molecule has 0 atom stereocenters. The Morgan fingerprint density at radius 2 is 1.69 bits per heavy atom. The van der Waals surface area contributed by atoms with Crippen molar-refractivity contribution in [2.75, 3.05) is 31.1 Å². The van der Waals surface area contributed by atoms with E-state index in [4.69, 9.17) is 5.26 Å². The average molecular weight is 409 g/mol. The standard InChI is InChI=1S/C19H19N7O2S/c1-15-21-6-7-26(15)19-12-18(22-14-23-19)24-8-10-25(11-9-24)29(27,28)17-4-2-16(13-20)3-5-17/h2-7,12,14H,8-11H2,1H3. The number of benzene rings is 1. The molecule has 3 aromatic rings. The molecular weight excluding hydrogens is 390 g/mol. The van der Waals surface area contributed by atoms with E-state index in [1.54, 1.807) is 6.20 Å². The molecule has 0 spiro atoms. The minimum atomic E-state index is -3.59. The van der Waals surface area contributed by atoms with Gasteiger partial charge in [-0.25, -0.2) is 23.4 Å². The van der Waals surface area contributed by atoms with Crippen LogP contribution >= 0.6 is 0 Å². The summed E-state index contributed by atoms with van der Waals surface area (Å²) in [5.41, 5.74) is 0.432. The largest absolute Gasteiger partial charge is 0.354 e. The number of aromatic nitrogens is 4. The first-order valence-corrected chi connectivity index (χ1v) is 10.5. The summed E-state index contributed by atoms with van der Waals surface area (Å²) in [5, 5.41) is 8.88. The lowest BCUT2D eigenvalue weighted by Crippen LogP contribution is -2.48. The number of hydrogen-bond acceptors (Lipinski definition) is 7. The van der Waals surface area contributed by atoms with Crippen molar-refractivity contribution in [2.24, 2.45) is 0 Å². The topological polar surface area (TPSA) is 108 Å². The van der Waals surface area contributed by atoms with Crippen molar-refractivity contribution in [3.05, 3.63) is 60.4 Å². The molecule has 1 saturated heterocycles. The summed E-state index contributed by atoms with van der Waals surface area (Å²) in [7, 11) is -3.59. The number of anilines is 1. The van der Waals surface area contributed by atoms with Gasteiger partial charge in [0.15, 0.2) is 0 Å². The van der Waals surface area contributed by atoms with Gasteiger partial charge in [-0.15, -0.1) is 0 Å². The van der Waals surface area contributed by atoms with E-state index in [2.05, 4.69) is 15.0 Å². The Bertz CT molecular complexity index is 1160. The van der Waals surface area contributed by atoms with Crippen molar-refractivity contribution in [2.45, 2.75) is 11.8 Å². The first-order valence-electron chi connectivity index (χ1n) is 9.07. The number of nitrogens with zero attached hydrogens (tertiary/aromatic N) is 7. The molecule has 9 nitrogen and oxygen atoms in total. The molecule has 0 aliphatic carbocycles. The van der Waals surface area contributed by atoms with Gasteiger partial charge >= 0.3 is 0 Å². The van der Waals surface area contributed by atoms with Crippen LogP contribution in [0.25, 0.3) is 5.82 Å². The molecule has 0 N–H and O–H groups in total. The van der Waals surface area contributed by atoms with Crippen LogP contribution in [0, 0.1) is 18.3 Å². The van der Waals surface area contributed by atoms with Crippen LogP contribution in [0.4, 0.5) is 5.82 Å². The highest BCUT2D eigenvalue weighted by molar-refractivity contribution is 7.89. The third-order valence-corrected chi connectivity index (χ3v) is 6.81. The zero-order valence-corrected chi connectivity index (χ0v) is 16.6.